The third-order valence-corrected chi connectivity index (χ3v) is 4.95. The van der Waals surface area contributed by atoms with Gasteiger partial charge in [-0.15, -0.1) is 0 Å². The lowest BCUT2D eigenvalue weighted by molar-refractivity contribution is 0.217. The minimum atomic E-state index is -0.354. The molecule has 0 unspecified atom stereocenters. The van der Waals surface area contributed by atoms with Gasteiger partial charge < -0.3 is 9.80 Å². The largest absolute Gasteiger partial charge is 0.346 e. The molecule has 0 N–H and O–H groups in total. The molecule has 2 aromatic carbocycles. The third kappa shape index (κ3) is 4.52. The Balaban J connectivity index is 1.71. The second-order valence-electron chi connectivity index (χ2n) is 5.64. The van der Waals surface area contributed by atoms with E-state index in [1.165, 1.54) is 28.8 Å². The fourth-order valence-corrected chi connectivity index (χ4v) is 3.58. The highest BCUT2D eigenvalue weighted by atomic mass is 35.5. The van der Waals surface area contributed by atoms with Gasteiger partial charge in [-0.3, -0.25) is 0 Å². The number of anilines is 1. The molecule has 25 heavy (non-hydrogen) atoms. The molecule has 1 fully saturated rings. The first-order chi connectivity index (χ1) is 12.0. The number of amides is 2. The van der Waals surface area contributed by atoms with Crippen LogP contribution in [0.3, 0.4) is 0 Å². The Labute approximate surface area is 155 Å². The van der Waals surface area contributed by atoms with Crippen LogP contribution in [-0.4, -0.2) is 35.4 Å². The minimum Gasteiger partial charge on any atom is -0.322 e. The van der Waals surface area contributed by atoms with Crippen molar-refractivity contribution in [3.8, 4) is 0 Å². The SMILES string of the molecule is CN(Cc1cccc(F)c1)C(=O)N=C1SCCN1c1ccc(Cl)cc1. The van der Waals surface area contributed by atoms with Crippen molar-refractivity contribution in [2.45, 2.75) is 6.54 Å². The zero-order valence-corrected chi connectivity index (χ0v) is 15.2. The van der Waals surface area contributed by atoms with E-state index in [0.717, 1.165) is 23.5 Å². The second kappa shape index (κ2) is 7.89. The Morgan fingerprint density at radius 3 is 2.80 bits per heavy atom. The lowest BCUT2D eigenvalue weighted by Crippen LogP contribution is -2.28. The van der Waals surface area contributed by atoms with Crippen LogP contribution in [0, 0.1) is 5.82 Å². The molecule has 0 radical (unpaired) electrons. The molecule has 0 saturated carbocycles. The number of thioether (sulfide) groups is 1. The summed E-state index contributed by atoms with van der Waals surface area (Å²) in [5.41, 5.74) is 1.68. The van der Waals surface area contributed by atoms with Crippen molar-refractivity contribution >= 4 is 40.2 Å². The van der Waals surface area contributed by atoms with E-state index in [2.05, 4.69) is 4.99 Å². The number of hydrogen-bond donors (Lipinski definition) is 0. The number of rotatable bonds is 3. The van der Waals surface area contributed by atoms with E-state index >= 15 is 0 Å². The van der Waals surface area contributed by atoms with Gasteiger partial charge >= 0.3 is 6.03 Å². The molecule has 2 aromatic rings. The van der Waals surface area contributed by atoms with Crippen LogP contribution in [0.15, 0.2) is 53.5 Å². The Hall–Kier alpha value is -2.05. The maximum absolute atomic E-state index is 13.3. The van der Waals surface area contributed by atoms with Crippen LogP contribution in [0.4, 0.5) is 14.9 Å². The zero-order chi connectivity index (χ0) is 17.8. The smallest absolute Gasteiger partial charge is 0.322 e. The number of halogens is 2. The molecule has 1 aliphatic heterocycles. The van der Waals surface area contributed by atoms with Crippen LogP contribution in [-0.2, 0) is 6.54 Å². The van der Waals surface area contributed by atoms with Crippen molar-refractivity contribution in [3.63, 3.8) is 0 Å². The number of hydrogen-bond acceptors (Lipinski definition) is 2. The molecule has 0 atom stereocenters. The Morgan fingerprint density at radius 2 is 2.08 bits per heavy atom. The van der Waals surface area contributed by atoms with E-state index in [4.69, 9.17) is 11.6 Å². The number of carbonyl (C=O) groups excluding carboxylic acids is 1. The normalized spacial score (nSPS) is 15.6. The summed E-state index contributed by atoms with van der Waals surface area (Å²) in [6.07, 6.45) is 0. The van der Waals surface area contributed by atoms with Crippen molar-refractivity contribution in [3.05, 3.63) is 64.9 Å². The fourth-order valence-electron chi connectivity index (χ4n) is 2.50. The van der Waals surface area contributed by atoms with E-state index in [1.807, 2.05) is 29.2 Å². The highest BCUT2D eigenvalue weighted by Gasteiger charge is 2.23. The first kappa shape index (κ1) is 17.8. The summed E-state index contributed by atoms with van der Waals surface area (Å²) in [7, 11) is 1.66. The van der Waals surface area contributed by atoms with E-state index < -0.39 is 0 Å². The summed E-state index contributed by atoms with van der Waals surface area (Å²) in [5, 5.41) is 1.33. The molecule has 0 spiro atoms. The molecule has 1 aliphatic rings. The highest BCUT2D eigenvalue weighted by Crippen LogP contribution is 2.27. The second-order valence-corrected chi connectivity index (χ2v) is 7.14. The van der Waals surface area contributed by atoms with Crippen molar-refractivity contribution in [2.75, 3.05) is 24.2 Å². The average Bonchev–Trinajstić information content (AvgIpc) is 3.03. The minimum absolute atomic E-state index is 0.305. The average molecular weight is 378 g/mol. The first-order valence-electron chi connectivity index (χ1n) is 7.77. The van der Waals surface area contributed by atoms with Crippen molar-refractivity contribution in [1.29, 1.82) is 0 Å². The van der Waals surface area contributed by atoms with Crippen LogP contribution in [0.2, 0.25) is 5.02 Å². The molecule has 0 aliphatic carbocycles. The number of carbonyl (C=O) groups is 1. The molecule has 0 bridgehead atoms. The van der Waals surface area contributed by atoms with E-state index in [9.17, 15) is 9.18 Å². The van der Waals surface area contributed by atoms with E-state index in [0.29, 0.717) is 16.7 Å². The maximum Gasteiger partial charge on any atom is 0.346 e. The molecular formula is C18H17ClFN3OS. The summed E-state index contributed by atoms with van der Waals surface area (Å²) in [4.78, 5) is 20.1. The molecule has 130 valence electrons. The molecule has 2 amide bonds. The van der Waals surface area contributed by atoms with Gasteiger partial charge in [0.15, 0.2) is 5.17 Å². The Morgan fingerprint density at radius 1 is 1.32 bits per heavy atom. The van der Waals surface area contributed by atoms with E-state index in [-0.39, 0.29) is 11.8 Å². The maximum atomic E-state index is 13.3. The van der Waals surface area contributed by atoms with Crippen molar-refractivity contribution in [1.82, 2.24) is 4.90 Å². The van der Waals surface area contributed by atoms with Gasteiger partial charge in [-0.05, 0) is 42.0 Å². The van der Waals surface area contributed by atoms with Crippen LogP contribution in [0.25, 0.3) is 0 Å². The summed E-state index contributed by atoms with van der Waals surface area (Å²) < 4.78 is 13.3. The number of aliphatic imine (C=N–C) groups is 1. The lowest BCUT2D eigenvalue weighted by Gasteiger charge is -2.19. The van der Waals surface area contributed by atoms with Gasteiger partial charge in [0.05, 0.1) is 0 Å². The lowest BCUT2D eigenvalue weighted by atomic mass is 10.2. The summed E-state index contributed by atoms with van der Waals surface area (Å²) in [5.74, 6) is 0.549. The van der Waals surface area contributed by atoms with Crippen LogP contribution in [0.5, 0.6) is 0 Å². The summed E-state index contributed by atoms with van der Waals surface area (Å²) in [6.45, 7) is 1.09. The van der Waals surface area contributed by atoms with Gasteiger partial charge in [0.25, 0.3) is 0 Å². The van der Waals surface area contributed by atoms with Gasteiger partial charge in [-0.25, -0.2) is 9.18 Å². The van der Waals surface area contributed by atoms with Gasteiger partial charge in [0.2, 0.25) is 0 Å². The molecular weight excluding hydrogens is 361 g/mol. The molecule has 1 heterocycles. The quantitative estimate of drug-likeness (QED) is 0.781. The number of benzene rings is 2. The molecule has 4 nitrogen and oxygen atoms in total. The number of urea groups is 1. The monoisotopic (exact) mass is 377 g/mol. The third-order valence-electron chi connectivity index (χ3n) is 3.74. The summed E-state index contributed by atoms with van der Waals surface area (Å²) >= 11 is 7.47. The number of amidine groups is 1. The van der Waals surface area contributed by atoms with Crippen LogP contribution in [0.1, 0.15) is 5.56 Å². The first-order valence-corrected chi connectivity index (χ1v) is 9.13. The molecule has 0 aromatic heterocycles. The van der Waals surface area contributed by atoms with Crippen LogP contribution < -0.4 is 4.90 Å². The highest BCUT2D eigenvalue weighted by molar-refractivity contribution is 8.14. The van der Waals surface area contributed by atoms with Gasteiger partial charge in [0.1, 0.15) is 5.82 Å². The Bertz CT molecular complexity index is 797. The molecule has 1 saturated heterocycles. The van der Waals surface area contributed by atoms with Crippen molar-refractivity contribution < 1.29 is 9.18 Å². The fraction of sp³-hybridized carbons (Fsp3) is 0.222. The van der Waals surface area contributed by atoms with E-state index in [1.54, 1.807) is 19.2 Å². The van der Waals surface area contributed by atoms with Gasteiger partial charge in [-0.2, -0.15) is 4.99 Å². The standard InChI is InChI=1S/C18H17ClFN3OS/c1-22(12-13-3-2-4-15(20)11-13)17(24)21-18-23(9-10-25-18)16-7-5-14(19)6-8-16/h2-8,11H,9-10,12H2,1H3. The topological polar surface area (TPSA) is 35.9 Å². The van der Waals surface area contributed by atoms with Gasteiger partial charge in [0, 0.05) is 36.6 Å². The van der Waals surface area contributed by atoms with Crippen molar-refractivity contribution in [2.24, 2.45) is 4.99 Å². The summed E-state index contributed by atoms with van der Waals surface area (Å²) in [6, 6.07) is 13.3. The Kier molecular flexibility index (Phi) is 5.60. The zero-order valence-electron chi connectivity index (χ0n) is 13.7. The van der Waals surface area contributed by atoms with Crippen LogP contribution >= 0.6 is 23.4 Å². The number of nitrogens with zero attached hydrogens (tertiary/aromatic N) is 3. The molecule has 7 heteroatoms. The predicted octanol–water partition coefficient (Wildman–Crippen LogP) is 4.64. The predicted molar refractivity (Wildman–Crippen MR) is 102 cm³/mol. The van der Waals surface area contributed by atoms with Gasteiger partial charge in [-0.1, -0.05) is 35.5 Å². The molecule has 3 rings (SSSR count).